The van der Waals surface area contributed by atoms with E-state index in [1.165, 1.54) is 69.8 Å². The van der Waals surface area contributed by atoms with Crippen molar-refractivity contribution in [1.82, 2.24) is 0 Å². The van der Waals surface area contributed by atoms with Gasteiger partial charge in [-0.2, -0.15) is 0 Å². The van der Waals surface area contributed by atoms with E-state index in [0.717, 1.165) is 5.56 Å². The van der Waals surface area contributed by atoms with Crippen LogP contribution in [0.4, 0.5) is 0 Å². The first-order valence-electron chi connectivity index (χ1n) is 9.23. The maximum Gasteiger partial charge on any atom is 3.00 e. The van der Waals surface area contributed by atoms with Gasteiger partial charge in [0.2, 0.25) is 1.44 Å². The first-order chi connectivity index (χ1) is 14.3. The predicted molar refractivity (Wildman–Crippen MR) is 135 cm³/mol. The number of halogens is 4. The quantitative estimate of drug-likeness (QED) is 0.157. The Labute approximate surface area is 240 Å². The second-order valence-electron chi connectivity index (χ2n) is 5.98. The van der Waals surface area contributed by atoms with E-state index in [9.17, 15) is 0 Å². The molecule has 1 radical (unpaired) electrons. The molecule has 3 nitrogen and oxygen atoms in total. The fourth-order valence-electron chi connectivity index (χ4n) is 2.38. The SMILES string of the molecule is Br[B-](Br)(Br)Br.C1CCCC1.C1CCCC1.Cc1ccc([C-]=[Fe+])cc1.[C-]#[O+].[C-]#[O+].[C-]#[O+].[Fe+3]. The van der Waals surface area contributed by atoms with E-state index in [1.807, 2.05) is 24.3 Å². The Morgan fingerprint density at radius 2 is 0.871 bits per heavy atom. The first-order valence-corrected chi connectivity index (χ1v) is 13.4. The largest absolute Gasteiger partial charge is 3.00 e. The zero-order chi connectivity index (χ0) is 24.3. The van der Waals surface area contributed by atoms with E-state index in [4.69, 9.17) is 14.0 Å². The molecule has 2 aliphatic carbocycles. The van der Waals surface area contributed by atoms with Crippen molar-refractivity contribution in [3.05, 3.63) is 55.3 Å². The van der Waals surface area contributed by atoms with Gasteiger partial charge < -0.3 is 63.0 Å². The Balaban J connectivity index is -0.0000000911. The normalized spacial score (nSPS) is 12.5. The van der Waals surface area contributed by atoms with Gasteiger partial charge in [0.15, 0.2) is 0 Å². The molecule has 2 saturated carbocycles. The second kappa shape index (κ2) is 35.9. The molecule has 2 aliphatic rings. The summed E-state index contributed by atoms with van der Waals surface area (Å²) in [6.07, 6.45) is 15.0. The van der Waals surface area contributed by atoms with Gasteiger partial charge in [-0.3, -0.25) is 0 Å². The zero-order valence-corrected chi connectivity index (χ0v) is 26.0. The van der Waals surface area contributed by atoms with E-state index < -0.39 is 1.44 Å². The number of hydrogen-bond donors (Lipinski definition) is 0. The average molecular weight is 770 g/mol. The summed E-state index contributed by atoms with van der Waals surface area (Å²) in [7, 11) is 0. The van der Waals surface area contributed by atoms with E-state index in [-0.39, 0.29) is 17.1 Å². The maximum atomic E-state index is 7.50. The third-order valence-corrected chi connectivity index (χ3v) is 3.97. The van der Waals surface area contributed by atoms with Crippen molar-refractivity contribution in [3.8, 4) is 0 Å². The van der Waals surface area contributed by atoms with E-state index in [2.05, 4.69) is 110 Å². The number of hydrogen-bond acceptors (Lipinski definition) is 0. The predicted octanol–water partition coefficient (Wildman–Crippen LogP) is 8.36. The number of rotatable bonds is 1. The Kier molecular flexibility index (Phi) is 49.2. The molecule has 0 aliphatic heterocycles. The molecule has 0 bridgehead atoms. The molecule has 1 aromatic carbocycles. The second-order valence-corrected chi connectivity index (χ2v) is 19.1. The van der Waals surface area contributed by atoms with Crippen molar-refractivity contribution in [2.45, 2.75) is 71.1 Å². The van der Waals surface area contributed by atoms with Crippen LogP contribution in [0.25, 0.3) is 0 Å². The molecule has 0 saturated heterocycles. The zero-order valence-electron chi connectivity index (χ0n) is 17.4. The Morgan fingerprint density at radius 1 is 0.677 bits per heavy atom. The molecule has 0 unspecified atom stereocenters. The van der Waals surface area contributed by atoms with Crippen molar-refractivity contribution in [2.75, 3.05) is 0 Å². The molecule has 31 heavy (non-hydrogen) atoms. The summed E-state index contributed by atoms with van der Waals surface area (Å²) >= 11 is 16.3. The maximum absolute atomic E-state index is 7.50. The summed E-state index contributed by atoms with van der Waals surface area (Å²) in [4.78, 5) is 2.80. The average Bonchev–Trinajstić information content (AvgIpc) is 3.51. The van der Waals surface area contributed by atoms with Gasteiger partial charge in [-0.15, -0.1) is 0 Å². The first kappa shape index (κ1) is 42.5. The minimum absolute atomic E-state index is 0. The van der Waals surface area contributed by atoms with Crippen molar-refractivity contribution in [3.63, 3.8) is 0 Å². The molecule has 3 rings (SSSR count). The molecule has 174 valence electrons. The molecular formula is C21H27BBr4Fe2O3+2. The van der Waals surface area contributed by atoms with Gasteiger partial charge in [0.1, 0.15) is 0 Å². The standard InChI is InChI=1S/C8H7.2C5H10.3CO.BBr4.2Fe/c1-7-3-5-8(2)6-4-7;2*1-2-4-5-3-1;3*1-2;2-1(3,4)5;;/h3-6H,1H3;2*1-5H2;;;;;;/q-1;;;;;;-1;+1;+3. The molecule has 0 spiro atoms. The monoisotopic (exact) mass is 766 g/mol. The number of aryl methyl sites for hydroxylation is 1. The van der Waals surface area contributed by atoms with Crippen molar-refractivity contribution in [1.29, 1.82) is 0 Å². The van der Waals surface area contributed by atoms with Crippen LogP contribution in [0.1, 0.15) is 75.3 Å². The van der Waals surface area contributed by atoms with Gasteiger partial charge in [0.05, 0.1) is 0 Å². The smallest absolute Gasteiger partial charge is 3.00 e. The Morgan fingerprint density at radius 3 is 1.03 bits per heavy atom. The molecule has 0 heterocycles. The minimum Gasteiger partial charge on any atom is 3.00 e. The molecule has 0 aromatic heterocycles. The van der Waals surface area contributed by atoms with Gasteiger partial charge in [0, 0.05) is 0 Å². The summed E-state index contributed by atoms with van der Waals surface area (Å²) in [6.45, 7) is 15.6. The molecule has 1 aromatic rings. The summed E-state index contributed by atoms with van der Waals surface area (Å²) in [5.74, 6) is 0. The van der Waals surface area contributed by atoms with Crippen LogP contribution in [-0.2, 0) is 46.6 Å². The molecule has 0 amide bonds. The Bertz CT molecular complexity index is 495. The van der Waals surface area contributed by atoms with Crippen LogP contribution in [0.2, 0.25) is 0 Å². The van der Waals surface area contributed by atoms with E-state index in [0.29, 0.717) is 0 Å². The third-order valence-electron chi connectivity index (χ3n) is 3.65. The van der Waals surface area contributed by atoms with Crippen molar-refractivity contribution >= 4 is 69.4 Å². The van der Waals surface area contributed by atoms with Crippen LogP contribution in [0.15, 0.2) is 24.3 Å². The van der Waals surface area contributed by atoms with Crippen LogP contribution >= 0.6 is 63.0 Å². The Hall–Kier alpha value is 1.33. The minimum atomic E-state index is -0.750. The fourth-order valence-corrected chi connectivity index (χ4v) is 2.56. The number of benzene rings is 1. The van der Waals surface area contributed by atoms with Crippen molar-refractivity contribution in [2.24, 2.45) is 0 Å². The fraction of sp³-hybridized carbons (Fsp3) is 0.524. The van der Waals surface area contributed by atoms with Crippen LogP contribution in [-0.4, -0.2) is 6.36 Å². The van der Waals surface area contributed by atoms with Crippen LogP contribution in [0, 0.1) is 26.9 Å². The molecule has 10 heteroatoms. The van der Waals surface area contributed by atoms with Gasteiger partial charge >= 0.3 is 114 Å². The van der Waals surface area contributed by atoms with E-state index >= 15 is 0 Å². The summed E-state index contributed by atoms with van der Waals surface area (Å²) in [5.41, 5.74) is 2.33. The summed E-state index contributed by atoms with van der Waals surface area (Å²) < 4.78 is 21.8. The van der Waals surface area contributed by atoms with Gasteiger partial charge in [-0.25, -0.2) is 0 Å². The van der Waals surface area contributed by atoms with Crippen LogP contribution in [0.3, 0.4) is 0 Å². The van der Waals surface area contributed by atoms with Crippen LogP contribution in [0.5, 0.6) is 0 Å². The van der Waals surface area contributed by atoms with Gasteiger partial charge in [-0.05, 0) is 0 Å². The van der Waals surface area contributed by atoms with Gasteiger partial charge in [-0.1, -0.05) is 64.2 Å². The summed E-state index contributed by atoms with van der Waals surface area (Å²) in [5, 5.41) is 0. The molecule has 0 N–H and O–H groups in total. The van der Waals surface area contributed by atoms with Crippen LogP contribution < -0.4 is 0 Å². The molecule has 2 fully saturated rings. The van der Waals surface area contributed by atoms with Gasteiger partial charge in [0.25, 0.3) is 0 Å². The van der Waals surface area contributed by atoms with Crippen molar-refractivity contribution < 1.29 is 46.6 Å². The van der Waals surface area contributed by atoms with E-state index in [1.54, 1.807) is 0 Å². The molecular weight excluding hydrogens is 742 g/mol. The third kappa shape index (κ3) is 49.5. The summed E-state index contributed by atoms with van der Waals surface area (Å²) in [6, 6.07) is 8.10. The topological polar surface area (TPSA) is 59.7 Å². The molecule has 0 atom stereocenters.